The van der Waals surface area contributed by atoms with Crippen molar-refractivity contribution in [2.24, 2.45) is 5.92 Å². The Labute approximate surface area is 182 Å². The number of hydrogen-bond donors (Lipinski definition) is 0. The number of carbonyl (C=O) groups is 1. The fraction of sp³-hybridized carbons (Fsp3) is 0.320. The van der Waals surface area contributed by atoms with E-state index in [4.69, 9.17) is 0 Å². The molecule has 0 atom stereocenters. The van der Waals surface area contributed by atoms with Crippen LogP contribution in [0.15, 0.2) is 77.7 Å². The van der Waals surface area contributed by atoms with Gasteiger partial charge in [0.2, 0.25) is 5.91 Å². The fourth-order valence-corrected chi connectivity index (χ4v) is 4.10. The largest absolute Gasteiger partial charge is 0.370 e. The zero-order valence-electron chi connectivity index (χ0n) is 17.9. The average molecular weight is 417 g/mol. The molecule has 4 rings (SSSR count). The summed E-state index contributed by atoms with van der Waals surface area (Å²) in [7, 11) is 1.87. The Hall–Kier alpha value is -3.41. The van der Waals surface area contributed by atoms with Crippen molar-refractivity contribution in [2.45, 2.75) is 25.9 Å². The summed E-state index contributed by atoms with van der Waals surface area (Å²) in [6.07, 6.45) is 3.32. The van der Waals surface area contributed by atoms with Crippen molar-refractivity contribution in [3.8, 4) is 0 Å². The van der Waals surface area contributed by atoms with Gasteiger partial charge < -0.3 is 9.80 Å². The maximum Gasteiger partial charge on any atom is 0.269 e. The van der Waals surface area contributed by atoms with Crippen LogP contribution in [0.3, 0.4) is 0 Å². The van der Waals surface area contributed by atoms with Crippen molar-refractivity contribution in [1.82, 2.24) is 14.7 Å². The van der Waals surface area contributed by atoms with Crippen LogP contribution in [0.2, 0.25) is 0 Å². The monoisotopic (exact) mass is 416 g/mol. The predicted molar refractivity (Wildman–Crippen MR) is 122 cm³/mol. The van der Waals surface area contributed by atoms with Gasteiger partial charge in [-0.2, -0.15) is 5.10 Å². The second kappa shape index (κ2) is 9.60. The lowest BCUT2D eigenvalue weighted by Crippen LogP contribution is -2.41. The molecule has 0 unspecified atom stereocenters. The summed E-state index contributed by atoms with van der Waals surface area (Å²) in [5, 5.41) is 4.37. The molecule has 0 N–H and O–H groups in total. The van der Waals surface area contributed by atoms with Crippen molar-refractivity contribution in [1.29, 1.82) is 0 Å². The number of amides is 1. The number of rotatable bonds is 6. The quantitative estimate of drug-likeness (QED) is 0.619. The Morgan fingerprint density at radius 3 is 2.23 bits per heavy atom. The number of hydrogen-bond acceptors (Lipinski definition) is 4. The van der Waals surface area contributed by atoms with Gasteiger partial charge in [-0.1, -0.05) is 60.7 Å². The van der Waals surface area contributed by atoms with Gasteiger partial charge >= 0.3 is 0 Å². The molecule has 6 nitrogen and oxygen atoms in total. The molecule has 0 spiro atoms. The molecule has 0 aliphatic carbocycles. The first-order chi connectivity index (χ1) is 15.1. The third-order valence-corrected chi connectivity index (χ3v) is 5.88. The molecule has 2 heterocycles. The van der Waals surface area contributed by atoms with Crippen molar-refractivity contribution >= 4 is 11.6 Å². The predicted octanol–water partition coefficient (Wildman–Crippen LogP) is 3.17. The van der Waals surface area contributed by atoms with E-state index in [2.05, 4.69) is 10.00 Å². The van der Waals surface area contributed by atoms with Crippen molar-refractivity contribution < 1.29 is 4.79 Å². The standard InChI is InChI=1S/C25H28N4O2/c1-27(18-20-8-4-2-5-9-20)25(31)22-12-14-28(15-13-22)23-16-24(30)29(26-17-23)19-21-10-6-3-7-11-21/h2-11,16-17,22H,12-15,18-19H2,1H3. The van der Waals surface area contributed by atoms with Crippen LogP contribution in [0, 0.1) is 5.92 Å². The SMILES string of the molecule is CN(Cc1ccccc1)C(=O)C1CCN(c2cnn(Cc3ccccc3)c(=O)c2)CC1. The third-order valence-electron chi connectivity index (χ3n) is 5.88. The Kier molecular flexibility index (Phi) is 6.46. The number of carbonyl (C=O) groups excluding carboxylic acids is 1. The highest BCUT2D eigenvalue weighted by Crippen LogP contribution is 2.23. The first-order valence-electron chi connectivity index (χ1n) is 10.7. The molecule has 6 heteroatoms. The summed E-state index contributed by atoms with van der Waals surface area (Å²) in [6.45, 7) is 2.59. The summed E-state index contributed by atoms with van der Waals surface area (Å²) in [6, 6.07) is 21.5. The fourth-order valence-electron chi connectivity index (χ4n) is 4.10. The van der Waals surface area contributed by atoms with E-state index in [1.807, 2.05) is 72.6 Å². The van der Waals surface area contributed by atoms with Crippen LogP contribution in [0.5, 0.6) is 0 Å². The lowest BCUT2D eigenvalue weighted by molar-refractivity contribution is -0.135. The van der Waals surface area contributed by atoms with Gasteiger partial charge in [0.1, 0.15) is 0 Å². The van der Waals surface area contributed by atoms with E-state index < -0.39 is 0 Å². The van der Waals surface area contributed by atoms with Crippen LogP contribution in [-0.4, -0.2) is 40.7 Å². The van der Waals surface area contributed by atoms with Gasteiger partial charge in [0.05, 0.1) is 18.4 Å². The van der Waals surface area contributed by atoms with Crippen LogP contribution in [0.4, 0.5) is 5.69 Å². The second-order valence-corrected chi connectivity index (χ2v) is 8.14. The van der Waals surface area contributed by atoms with Crippen LogP contribution in [-0.2, 0) is 17.9 Å². The van der Waals surface area contributed by atoms with Gasteiger partial charge in [0, 0.05) is 38.7 Å². The Bertz CT molecular complexity index is 1060. The van der Waals surface area contributed by atoms with Crippen molar-refractivity contribution in [3.63, 3.8) is 0 Å². The van der Waals surface area contributed by atoms with E-state index in [0.29, 0.717) is 13.1 Å². The summed E-state index contributed by atoms with van der Waals surface area (Å²) in [4.78, 5) is 29.4. The minimum atomic E-state index is -0.109. The lowest BCUT2D eigenvalue weighted by Gasteiger charge is -2.34. The third kappa shape index (κ3) is 5.20. The Balaban J connectivity index is 1.33. The minimum absolute atomic E-state index is 0.0244. The van der Waals surface area contributed by atoms with E-state index in [9.17, 15) is 9.59 Å². The van der Waals surface area contributed by atoms with Crippen molar-refractivity contribution in [2.75, 3.05) is 25.0 Å². The molecule has 1 fully saturated rings. The van der Waals surface area contributed by atoms with Crippen molar-refractivity contribution in [3.05, 3.63) is 94.4 Å². The zero-order chi connectivity index (χ0) is 21.6. The molecular weight excluding hydrogens is 388 g/mol. The summed E-state index contributed by atoms with van der Waals surface area (Å²) in [5.41, 5.74) is 2.90. The maximum absolute atomic E-state index is 12.9. The molecule has 3 aromatic rings. The van der Waals surface area contributed by atoms with E-state index in [1.54, 1.807) is 12.3 Å². The van der Waals surface area contributed by atoms with E-state index in [1.165, 1.54) is 4.68 Å². The second-order valence-electron chi connectivity index (χ2n) is 8.14. The molecule has 31 heavy (non-hydrogen) atoms. The number of nitrogens with zero attached hydrogens (tertiary/aromatic N) is 4. The van der Waals surface area contributed by atoms with Gasteiger partial charge in [0.25, 0.3) is 5.56 Å². The van der Waals surface area contributed by atoms with Gasteiger partial charge in [0.15, 0.2) is 0 Å². The summed E-state index contributed by atoms with van der Waals surface area (Å²) < 4.78 is 1.48. The van der Waals surface area contributed by atoms with Gasteiger partial charge in [-0.05, 0) is 24.0 Å². The summed E-state index contributed by atoms with van der Waals surface area (Å²) in [5.74, 6) is 0.219. The maximum atomic E-state index is 12.9. The van der Waals surface area contributed by atoms with E-state index >= 15 is 0 Å². The average Bonchev–Trinajstić information content (AvgIpc) is 2.81. The molecule has 0 bridgehead atoms. The number of benzene rings is 2. The molecule has 0 radical (unpaired) electrons. The molecule has 1 aliphatic rings. The molecule has 1 saturated heterocycles. The van der Waals surface area contributed by atoms with Crippen LogP contribution < -0.4 is 10.5 Å². The topological polar surface area (TPSA) is 58.4 Å². The highest BCUT2D eigenvalue weighted by Gasteiger charge is 2.27. The molecule has 1 amide bonds. The molecular formula is C25H28N4O2. The normalized spacial score (nSPS) is 14.4. The smallest absolute Gasteiger partial charge is 0.269 e. The van der Waals surface area contributed by atoms with E-state index in [0.717, 1.165) is 42.7 Å². The molecule has 0 saturated carbocycles. The minimum Gasteiger partial charge on any atom is -0.370 e. The number of piperidine rings is 1. The van der Waals surface area contributed by atoms with Gasteiger partial charge in [-0.15, -0.1) is 0 Å². The van der Waals surface area contributed by atoms with E-state index in [-0.39, 0.29) is 17.4 Å². The van der Waals surface area contributed by atoms with Crippen LogP contribution in [0.1, 0.15) is 24.0 Å². The molecule has 2 aromatic carbocycles. The van der Waals surface area contributed by atoms with Crippen LogP contribution in [0.25, 0.3) is 0 Å². The number of anilines is 1. The van der Waals surface area contributed by atoms with Gasteiger partial charge in [-0.3, -0.25) is 9.59 Å². The first kappa shape index (κ1) is 20.8. The molecule has 160 valence electrons. The lowest BCUT2D eigenvalue weighted by atomic mass is 9.95. The number of aromatic nitrogens is 2. The van der Waals surface area contributed by atoms with Crippen LogP contribution >= 0.6 is 0 Å². The Morgan fingerprint density at radius 2 is 1.61 bits per heavy atom. The van der Waals surface area contributed by atoms with Gasteiger partial charge in [-0.25, -0.2) is 4.68 Å². The Morgan fingerprint density at radius 1 is 1.00 bits per heavy atom. The highest BCUT2D eigenvalue weighted by atomic mass is 16.2. The summed E-state index contributed by atoms with van der Waals surface area (Å²) >= 11 is 0. The zero-order valence-corrected chi connectivity index (χ0v) is 17.9. The molecule has 1 aliphatic heterocycles. The highest BCUT2D eigenvalue weighted by molar-refractivity contribution is 5.79. The first-order valence-corrected chi connectivity index (χ1v) is 10.7. The molecule has 1 aromatic heterocycles.